The second kappa shape index (κ2) is 11.5. The van der Waals surface area contributed by atoms with Crippen LogP contribution in [0.4, 0.5) is 9.59 Å². The maximum absolute atomic E-state index is 12.0. The summed E-state index contributed by atoms with van der Waals surface area (Å²) in [6.07, 6.45) is 1.55. The highest BCUT2D eigenvalue weighted by Gasteiger charge is 2.41. The van der Waals surface area contributed by atoms with Gasteiger partial charge < -0.3 is 30.0 Å². The third-order valence-electron chi connectivity index (χ3n) is 5.37. The highest BCUT2D eigenvalue weighted by Crippen LogP contribution is 2.48. The molecule has 0 aliphatic heterocycles. The van der Waals surface area contributed by atoms with Crippen LogP contribution in [0.5, 0.6) is 0 Å². The number of amides is 2. The van der Waals surface area contributed by atoms with Gasteiger partial charge in [0.2, 0.25) is 0 Å². The maximum Gasteiger partial charge on any atom is 0.407 e. The highest BCUT2D eigenvalue weighted by molar-refractivity contribution is 5.86. The molecule has 184 valence electrons. The number of carbonyl (C=O) groups excluding carboxylic acids is 3. The molecule has 9 nitrogen and oxygen atoms in total. The Morgan fingerprint density at radius 2 is 1.69 bits per heavy atom. The van der Waals surface area contributed by atoms with Crippen LogP contribution in [0.2, 0.25) is 0 Å². The fraction of sp³-hybridized carbons (Fsp3) is 0.783. The van der Waals surface area contributed by atoms with Gasteiger partial charge in [0.15, 0.2) is 0 Å². The molecular weight excluding hydrogens is 416 g/mol. The monoisotopic (exact) mass is 456 g/mol. The van der Waals surface area contributed by atoms with E-state index in [9.17, 15) is 19.5 Å². The highest BCUT2D eigenvalue weighted by atomic mass is 16.6. The molecule has 2 amide bonds. The van der Waals surface area contributed by atoms with Crippen LogP contribution in [0.1, 0.15) is 60.8 Å². The molecule has 0 aromatic heterocycles. The van der Waals surface area contributed by atoms with E-state index in [-0.39, 0.29) is 42.1 Å². The summed E-state index contributed by atoms with van der Waals surface area (Å²) < 4.78 is 15.2. The standard InChI is InChI=1S/C23H40N2O7/c1-16(2)18(27)30-8-9-31-19(28)25-14-23(7)11-17(10-21(3,4)13-23)12-24-20(29)32-22(5,6)15-26/h17,26H,1,8-15H2,2-7H3,(H,24,29)(H,25,28). The van der Waals surface area contributed by atoms with E-state index in [4.69, 9.17) is 14.2 Å². The molecule has 1 aliphatic carbocycles. The maximum atomic E-state index is 12.0. The summed E-state index contributed by atoms with van der Waals surface area (Å²) in [5, 5.41) is 14.8. The summed E-state index contributed by atoms with van der Waals surface area (Å²) in [7, 11) is 0. The van der Waals surface area contributed by atoms with Crippen LogP contribution in [0.15, 0.2) is 12.2 Å². The number of carbonyl (C=O) groups is 3. The van der Waals surface area contributed by atoms with Crippen molar-refractivity contribution < 1.29 is 33.7 Å². The van der Waals surface area contributed by atoms with Crippen LogP contribution in [-0.4, -0.2) is 61.8 Å². The van der Waals surface area contributed by atoms with Gasteiger partial charge in [0.1, 0.15) is 18.8 Å². The largest absolute Gasteiger partial charge is 0.459 e. The first-order valence-electron chi connectivity index (χ1n) is 11.0. The molecule has 0 spiro atoms. The minimum Gasteiger partial charge on any atom is -0.459 e. The van der Waals surface area contributed by atoms with E-state index >= 15 is 0 Å². The van der Waals surface area contributed by atoms with E-state index in [1.807, 2.05) is 0 Å². The van der Waals surface area contributed by atoms with Crippen molar-refractivity contribution in [1.82, 2.24) is 10.6 Å². The quantitative estimate of drug-likeness (QED) is 0.200. The number of aliphatic hydroxyl groups is 1. The third-order valence-corrected chi connectivity index (χ3v) is 5.37. The average molecular weight is 457 g/mol. The fourth-order valence-corrected chi connectivity index (χ4v) is 4.40. The van der Waals surface area contributed by atoms with Crippen LogP contribution in [0.3, 0.4) is 0 Å². The number of alkyl carbamates (subject to hydrolysis) is 2. The first-order chi connectivity index (χ1) is 14.7. The Balaban J connectivity index is 2.50. The van der Waals surface area contributed by atoms with Crippen LogP contribution < -0.4 is 10.6 Å². The van der Waals surface area contributed by atoms with Crippen LogP contribution in [-0.2, 0) is 19.0 Å². The first kappa shape index (κ1) is 27.7. The second-order valence-corrected chi connectivity index (χ2v) is 10.5. The Bertz CT molecular complexity index is 690. The van der Waals surface area contributed by atoms with Gasteiger partial charge in [0, 0.05) is 18.7 Å². The van der Waals surface area contributed by atoms with Gasteiger partial charge >= 0.3 is 18.2 Å². The summed E-state index contributed by atoms with van der Waals surface area (Å²) >= 11 is 0. The molecule has 0 saturated heterocycles. The molecule has 3 N–H and O–H groups in total. The van der Waals surface area contributed by atoms with Crippen LogP contribution in [0.25, 0.3) is 0 Å². The predicted molar refractivity (Wildman–Crippen MR) is 120 cm³/mol. The van der Waals surface area contributed by atoms with E-state index in [1.165, 1.54) is 0 Å². The van der Waals surface area contributed by atoms with Crippen molar-refractivity contribution in [2.75, 3.05) is 32.9 Å². The molecule has 1 fully saturated rings. The molecule has 0 radical (unpaired) electrons. The summed E-state index contributed by atoms with van der Waals surface area (Å²) in [5.41, 5.74) is -0.780. The summed E-state index contributed by atoms with van der Waals surface area (Å²) in [5.74, 6) is -0.303. The molecule has 2 unspecified atom stereocenters. The van der Waals surface area contributed by atoms with Crippen molar-refractivity contribution in [2.45, 2.75) is 66.4 Å². The Hall–Kier alpha value is -2.29. The van der Waals surface area contributed by atoms with E-state index in [0.717, 1.165) is 19.3 Å². The van der Waals surface area contributed by atoms with Crippen molar-refractivity contribution in [1.29, 1.82) is 0 Å². The number of nitrogens with one attached hydrogen (secondary N) is 2. The summed E-state index contributed by atoms with van der Waals surface area (Å²) in [6, 6.07) is 0. The van der Waals surface area contributed by atoms with Crippen LogP contribution >= 0.6 is 0 Å². The van der Waals surface area contributed by atoms with Gasteiger partial charge in [-0.3, -0.25) is 0 Å². The smallest absolute Gasteiger partial charge is 0.407 e. The van der Waals surface area contributed by atoms with Gasteiger partial charge in [0.25, 0.3) is 0 Å². The lowest BCUT2D eigenvalue weighted by Crippen LogP contribution is -2.46. The molecular formula is C23H40N2O7. The van der Waals surface area contributed by atoms with Gasteiger partial charge in [-0.2, -0.15) is 0 Å². The lowest BCUT2D eigenvalue weighted by Gasteiger charge is -2.46. The Morgan fingerprint density at radius 1 is 1.06 bits per heavy atom. The SMILES string of the molecule is C=C(C)C(=O)OCCOC(=O)NCC1(C)CC(CNC(=O)OC(C)(C)CO)CC(C)(C)C1. The molecule has 1 aliphatic rings. The molecule has 0 heterocycles. The van der Waals surface area contributed by atoms with Gasteiger partial charge in [0.05, 0.1) is 6.61 Å². The van der Waals surface area contributed by atoms with Gasteiger partial charge in [-0.15, -0.1) is 0 Å². The molecule has 32 heavy (non-hydrogen) atoms. The molecule has 1 saturated carbocycles. The lowest BCUT2D eigenvalue weighted by atomic mass is 9.60. The molecule has 2 atom stereocenters. The van der Waals surface area contributed by atoms with Crippen molar-refractivity contribution in [3.63, 3.8) is 0 Å². The third kappa shape index (κ3) is 10.3. The zero-order valence-electron chi connectivity index (χ0n) is 20.3. The van der Waals surface area contributed by atoms with Gasteiger partial charge in [-0.05, 0) is 56.8 Å². The summed E-state index contributed by atoms with van der Waals surface area (Å²) in [4.78, 5) is 35.4. The summed E-state index contributed by atoms with van der Waals surface area (Å²) in [6.45, 7) is 15.4. The molecule has 0 aromatic rings. The number of ether oxygens (including phenoxy) is 3. The van der Waals surface area contributed by atoms with Crippen molar-refractivity contribution in [3.05, 3.63) is 12.2 Å². The minimum atomic E-state index is -0.933. The number of aliphatic hydroxyl groups excluding tert-OH is 1. The van der Waals surface area contributed by atoms with Crippen molar-refractivity contribution >= 4 is 18.2 Å². The first-order valence-corrected chi connectivity index (χ1v) is 11.0. The van der Waals surface area contributed by atoms with Crippen LogP contribution in [0, 0.1) is 16.7 Å². The Labute approximate surface area is 191 Å². The number of hydrogen-bond acceptors (Lipinski definition) is 7. The van der Waals surface area contributed by atoms with Gasteiger partial charge in [-0.25, -0.2) is 14.4 Å². The van der Waals surface area contributed by atoms with E-state index in [0.29, 0.717) is 13.1 Å². The Morgan fingerprint density at radius 3 is 2.28 bits per heavy atom. The molecule has 0 aromatic carbocycles. The molecule has 9 heteroatoms. The number of rotatable bonds is 10. The average Bonchev–Trinajstić information content (AvgIpc) is 2.66. The van der Waals surface area contributed by atoms with E-state index in [1.54, 1.807) is 20.8 Å². The number of esters is 1. The fourth-order valence-electron chi connectivity index (χ4n) is 4.40. The zero-order chi connectivity index (χ0) is 24.6. The predicted octanol–water partition coefficient (Wildman–Crippen LogP) is 3.16. The Kier molecular flexibility index (Phi) is 10.0. The molecule has 1 rings (SSSR count). The minimum absolute atomic E-state index is 0.0274. The van der Waals surface area contributed by atoms with E-state index < -0.39 is 23.8 Å². The van der Waals surface area contributed by atoms with E-state index in [2.05, 4.69) is 38.0 Å². The topological polar surface area (TPSA) is 123 Å². The number of hydrogen-bond donors (Lipinski definition) is 3. The zero-order valence-corrected chi connectivity index (χ0v) is 20.3. The molecule has 0 bridgehead atoms. The lowest BCUT2D eigenvalue weighted by molar-refractivity contribution is -0.139. The van der Waals surface area contributed by atoms with Crippen molar-refractivity contribution in [2.24, 2.45) is 16.7 Å². The normalized spacial score (nSPS) is 22.4. The van der Waals surface area contributed by atoms with Crippen molar-refractivity contribution in [3.8, 4) is 0 Å². The van der Waals surface area contributed by atoms with Gasteiger partial charge in [-0.1, -0.05) is 27.4 Å². The second-order valence-electron chi connectivity index (χ2n) is 10.5.